The summed E-state index contributed by atoms with van der Waals surface area (Å²) in [6.45, 7) is 2.20. The van der Waals surface area contributed by atoms with Gasteiger partial charge in [0.1, 0.15) is 6.33 Å². The van der Waals surface area contributed by atoms with Crippen LogP contribution in [0.15, 0.2) is 6.33 Å². The van der Waals surface area contributed by atoms with Gasteiger partial charge in [-0.2, -0.15) is 10.1 Å². The van der Waals surface area contributed by atoms with Gasteiger partial charge in [-0.3, -0.25) is 10.1 Å². The zero-order valence-electron chi connectivity index (χ0n) is 9.83. The Bertz CT molecular complexity index is 284. The normalized spacial score (nSPS) is 10.3. The molecule has 0 atom stereocenters. The first-order chi connectivity index (χ1) is 7.83. The fourth-order valence-corrected chi connectivity index (χ4v) is 1.53. The van der Waals surface area contributed by atoms with Crippen molar-refractivity contribution in [2.24, 2.45) is 0 Å². The Morgan fingerprint density at radius 2 is 2.06 bits per heavy atom. The lowest BCUT2D eigenvalue weighted by atomic mass is 10.1. The first-order valence-electron chi connectivity index (χ1n) is 5.98. The van der Waals surface area contributed by atoms with Crippen LogP contribution in [0.2, 0.25) is 0 Å². The minimum atomic E-state index is 0.00671. The number of unbranched alkanes of at least 4 members (excludes halogenated alkanes) is 5. The summed E-state index contributed by atoms with van der Waals surface area (Å²) in [5.41, 5.74) is 0. The molecule has 0 spiro atoms. The molecule has 0 unspecified atom stereocenters. The minimum absolute atomic E-state index is 0.00671. The van der Waals surface area contributed by atoms with Crippen molar-refractivity contribution in [3.63, 3.8) is 0 Å². The van der Waals surface area contributed by atoms with Gasteiger partial charge in [0.15, 0.2) is 0 Å². The van der Waals surface area contributed by atoms with Crippen LogP contribution in [0, 0.1) is 0 Å². The van der Waals surface area contributed by atoms with Crippen LogP contribution in [-0.4, -0.2) is 21.1 Å². The molecule has 1 aromatic rings. The van der Waals surface area contributed by atoms with E-state index in [4.69, 9.17) is 0 Å². The highest BCUT2D eigenvalue weighted by Crippen LogP contribution is 2.07. The van der Waals surface area contributed by atoms with Crippen LogP contribution in [-0.2, 0) is 4.79 Å². The first-order valence-corrected chi connectivity index (χ1v) is 5.98. The Hall–Kier alpha value is -1.39. The summed E-state index contributed by atoms with van der Waals surface area (Å²) in [6.07, 6.45) is 9.07. The maximum atomic E-state index is 11.4. The van der Waals surface area contributed by atoms with Crippen molar-refractivity contribution in [2.75, 3.05) is 5.32 Å². The van der Waals surface area contributed by atoms with Gasteiger partial charge in [-0.25, -0.2) is 5.10 Å². The maximum absolute atomic E-state index is 11.4. The van der Waals surface area contributed by atoms with Gasteiger partial charge in [0, 0.05) is 6.42 Å². The lowest BCUT2D eigenvalue weighted by Crippen LogP contribution is -2.12. The standard InChI is InChI=1S/C11H20N4O/c1-2-3-4-5-6-7-8-10(16)14-11-12-9-13-15-11/h9H,2-8H2,1H3,(H2,12,13,14,15,16). The molecule has 0 radical (unpaired) electrons. The van der Waals surface area contributed by atoms with Crippen LogP contribution in [0.4, 0.5) is 5.95 Å². The zero-order valence-corrected chi connectivity index (χ0v) is 9.83. The molecule has 0 bridgehead atoms. The van der Waals surface area contributed by atoms with Crippen molar-refractivity contribution < 1.29 is 4.79 Å². The molecule has 1 aromatic heterocycles. The van der Waals surface area contributed by atoms with Crippen molar-refractivity contribution in [3.8, 4) is 0 Å². The summed E-state index contributed by atoms with van der Waals surface area (Å²) in [6, 6.07) is 0. The van der Waals surface area contributed by atoms with Crippen LogP contribution in [0.25, 0.3) is 0 Å². The lowest BCUT2D eigenvalue weighted by molar-refractivity contribution is -0.116. The molecule has 1 rings (SSSR count). The Labute approximate surface area is 96.0 Å². The van der Waals surface area contributed by atoms with E-state index in [1.165, 1.54) is 32.0 Å². The molecular formula is C11H20N4O. The van der Waals surface area contributed by atoms with Gasteiger partial charge in [0.25, 0.3) is 0 Å². The van der Waals surface area contributed by atoms with Gasteiger partial charge < -0.3 is 0 Å². The number of carbonyl (C=O) groups excluding carboxylic acids is 1. The van der Waals surface area contributed by atoms with Crippen molar-refractivity contribution in [3.05, 3.63) is 6.33 Å². The topological polar surface area (TPSA) is 70.7 Å². The molecule has 0 saturated carbocycles. The van der Waals surface area contributed by atoms with E-state index in [0.29, 0.717) is 12.4 Å². The van der Waals surface area contributed by atoms with Crippen molar-refractivity contribution in [1.29, 1.82) is 0 Å². The third-order valence-corrected chi connectivity index (χ3v) is 2.43. The molecule has 0 fully saturated rings. The monoisotopic (exact) mass is 224 g/mol. The Balaban J connectivity index is 1.98. The maximum Gasteiger partial charge on any atom is 0.226 e. The quantitative estimate of drug-likeness (QED) is 0.666. The van der Waals surface area contributed by atoms with Crippen LogP contribution in [0.1, 0.15) is 51.9 Å². The van der Waals surface area contributed by atoms with E-state index < -0.39 is 0 Å². The highest BCUT2D eigenvalue weighted by molar-refractivity contribution is 5.88. The molecular weight excluding hydrogens is 204 g/mol. The van der Waals surface area contributed by atoms with Crippen LogP contribution < -0.4 is 5.32 Å². The molecule has 0 aliphatic rings. The predicted molar refractivity (Wildman–Crippen MR) is 63.0 cm³/mol. The first kappa shape index (κ1) is 12.7. The number of nitrogens with one attached hydrogen (secondary N) is 2. The number of anilines is 1. The second kappa shape index (κ2) is 7.84. The summed E-state index contributed by atoms with van der Waals surface area (Å²) in [4.78, 5) is 15.2. The Morgan fingerprint density at radius 1 is 1.31 bits per heavy atom. The second-order valence-electron chi connectivity index (χ2n) is 3.90. The van der Waals surface area contributed by atoms with E-state index in [2.05, 4.69) is 27.4 Å². The summed E-state index contributed by atoms with van der Waals surface area (Å²) in [7, 11) is 0. The number of carbonyl (C=O) groups is 1. The number of hydrogen-bond acceptors (Lipinski definition) is 3. The summed E-state index contributed by atoms with van der Waals surface area (Å²) in [5.74, 6) is 0.434. The SMILES string of the molecule is CCCCCCCCC(=O)Nc1ncn[nH]1. The highest BCUT2D eigenvalue weighted by atomic mass is 16.1. The van der Waals surface area contributed by atoms with Gasteiger partial charge in [-0.1, -0.05) is 39.0 Å². The van der Waals surface area contributed by atoms with E-state index in [-0.39, 0.29) is 5.91 Å². The third kappa shape index (κ3) is 5.48. The summed E-state index contributed by atoms with van der Waals surface area (Å²) >= 11 is 0. The molecule has 0 aromatic carbocycles. The van der Waals surface area contributed by atoms with Gasteiger partial charge >= 0.3 is 0 Å². The number of H-pyrrole nitrogens is 1. The van der Waals surface area contributed by atoms with Gasteiger partial charge in [0.2, 0.25) is 11.9 Å². The largest absolute Gasteiger partial charge is 0.295 e. The Morgan fingerprint density at radius 3 is 2.75 bits per heavy atom. The average Bonchev–Trinajstić information content (AvgIpc) is 2.76. The molecule has 2 N–H and O–H groups in total. The van der Waals surface area contributed by atoms with Crippen molar-refractivity contribution in [1.82, 2.24) is 15.2 Å². The van der Waals surface area contributed by atoms with Crippen molar-refractivity contribution >= 4 is 11.9 Å². The number of nitrogens with zero attached hydrogens (tertiary/aromatic N) is 2. The fourth-order valence-electron chi connectivity index (χ4n) is 1.53. The number of aromatic nitrogens is 3. The van der Waals surface area contributed by atoms with E-state index in [1.807, 2.05) is 0 Å². The van der Waals surface area contributed by atoms with E-state index in [1.54, 1.807) is 0 Å². The van der Waals surface area contributed by atoms with E-state index in [9.17, 15) is 4.79 Å². The number of aromatic amines is 1. The predicted octanol–water partition coefficient (Wildman–Crippen LogP) is 2.49. The summed E-state index contributed by atoms with van der Waals surface area (Å²) < 4.78 is 0. The zero-order chi connectivity index (χ0) is 11.6. The van der Waals surface area contributed by atoms with Gasteiger partial charge in [0.05, 0.1) is 0 Å². The Kier molecular flexibility index (Phi) is 6.22. The van der Waals surface area contributed by atoms with Crippen LogP contribution in [0.3, 0.4) is 0 Å². The van der Waals surface area contributed by atoms with E-state index >= 15 is 0 Å². The summed E-state index contributed by atoms with van der Waals surface area (Å²) in [5, 5.41) is 8.90. The molecule has 5 heteroatoms. The highest BCUT2D eigenvalue weighted by Gasteiger charge is 2.03. The average molecular weight is 224 g/mol. The minimum Gasteiger partial charge on any atom is -0.295 e. The van der Waals surface area contributed by atoms with Crippen LogP contribution in [0.5, 0.6) is 0 Å². The lowest BCUT2D eigenvalue weighted by Gasteiger charge is -2.01. The van der Waals surface area contributed by atoms with Crippen LogP contribution >= 0.6 is 0 Å². The molecule has 1 heterocycles. The molecule has 1 amide bonds. The number of amides is 1. The van der Waals surface area contributed by atoms with Gasteiger partial charge in [-0.15, -0.1) is 0 Å². The number of rotatable bonds is 8. The van der Waals surface area contributed by atoms with Crippen molar-refractivity contribution in [2.45, 2.75) is 51.9 Å². The van der Waals surface area contributed by atoms with Gasteiger partial charge in [-0.05, 0) is 6.42 Å². The third-order valence-electron chi connectivity index (χ3n) is 2.43. The molecule has 0 saturated heterocycles. The fraction of sp³-hybridized carbons (Fsp3) is 0.727. The van der Waals surface area contributed by atoms with E-state index in [0.717, 1.165) is 12.8 Å². The molecule has 0 aliphatic heterocycles. The second-order valence-corrected chi connectivity index (χ2v) is 3.90. The molecule has 5 nitrogen and oxygen atoms in total. The molecule has 16 heavy (non-hydrogen) atoms. The smallest absolute Gasteiger partial charge is 0.226 e. The number of hydrogen-bond donors (Lipinski definition) is 2. The molecule has 90 valence electrons. The molecule has 0 aliphatic carbocycles.